The van der Waals surface area contributed by atoms with Gasteiger partial charge in [-0.25, -0.2) is 4.98 Å². The van der Waals surface area contributed by atoms with Crippen LogP contribution in [0, 0.1) is 12.8 Å². The smallest absolute Gasteiger partial charge is 0.259 e. The highest BCUT2D eigenvalue weighted by molar-refractivity contribution is 7.18. The molecule has 2 rings (SSSR count). The highest BCUT2D eigenvalue weighted by Crippen LogP contribution is 2.29. The summed E-state index contributed by atoms with van der Waals surface area (Å²) in [4.78, 5) is 36.4. The second-order valence-corrected chi connectivity index (χ2v) is 8.78. The molecule has 7 heteroatoms. The van der Waals surface area contributed by atoms with Crippen molar-refractivity contribution in [2.75, 3.05) is 13.1 Å². The van der Waals surface area contributed by atoms with Gasteiger partial charge in [-0.05, 0) is 45.2 Å². The average molecular weight is 393 g/mol. The van der Waals surface area contributed by atoms with E-state index >= 15 is 0 Å². The minimum Gasteiger partial charge on any atom is -0.353 e. The first kappa shape index (κ1) is 21.6. The molecule has 0 aliphatic carbocycles. The Bertz CT molecular complexity index is 840. The fraction of sp³-hybridized carbons (Fsp3) is 0.650. The van der Waals surface area contributed by atoms with Crippen LogP contribution in [0.15, 0.2) is 4.79 Å². The molecular formula is C20H32N4O2S. The molecule has 1 atom stereocenters. The number of carbonyl (C=O) groups excluding carboxylic acids is 1. The maximum Gasteiger partial charge on any atom is 0.259 e. The molecule has 1 amide bonds. The summed E-state index contributed by atoms with van der Waals surface area (Å²) < 4.78 is 0. The highest BCUT2D eigenvalue weighted by atomic mass is 32.1. The zero-order valence-corrected chi connectivity index (χ0v) is 18.1. The Kier molecular flexibility index (Phi) is 7.56. The largest absolute Gasteiger partial charge is 0.353 e. The maximum absolute atomic E-state index is 12.8. The number of H-pyrrole nitrogens is 1. The molecule has 0 saturated heterocycles. The number of nitrogens with zero attached hydrogens (tertiary/aromatic N) is 2. The molecule has 0 aliphatic heterocycles. The summed E-state index contributed by atoms with van der Waals surface area (Å²) in [5, 5.41) is 3.64. The van der Waals surface area contributed by atoms with E-state index < -0.39 is 0 Å². The van der Waals surface area contributed by atoms with Crippen molar-refractivity contribution in [2.45, 2.75) is 67.0 Å². The van der Waals surface area contributed by atoms with Gasteiger partial charge in [0.2, 0.25) is 5.91 Å². The summed E-state index contributed by atoms with van der Waals surface area (Å²) >= 11 is 1.59. The lowest BCUT2D eigenvalue weighted by atomic mass is 9.98. The highest BCUT2D eigenvalue weighted by Gasteiger charge is 2.18. The van der Waals surface area contributed by atoms with E-state index in [1.54, 1.807) is 11.3 Å². The Morgan fingerprint density at radius 3 is 2.59 bits per heavy atom. The van der Waals surface area contributed by atoms with Crippen LogP contribution in [-0.2, 0) is 17.8 Å². The molecular weight excluding hydrogens is 360 g/mol. The first-order valence-electron chi connectivity index (χ1n) is 9.77. The van der Waals surface area contributed by atoms with Crippen molar-refractivity contribution in [3.05, 3.63) is 26.6 Å². The molecule has 2 aromatic rings. The predicted molar refractivity (Wildman–Crippen MR) is 112 cm³/mol. The quantitative estimate of drug-likeness (QED) is 0.687. The molecule has 0 fully saturated rings. The van der Waals surface area contributed by atoms with Gasteiger partial charge in [0.25, 0.3) is 5.56 Å². The Morgan fingerprint density at radius 2 is 2.00 bits per heavy atom. The van der Waals surface area contributed by atoms with E-state index in [9.17, 15) is 9.59 Å². The van der Waals surface area contributed by atoms with Crippen LogP contribution in [0.1, 0.15) is 57.3 Å². The number of rotatable bonds is 9. The number of aryl methyl sites for hydroxylation is 1. The van der Waals surface area contributed by atoms with Crippen LogP contribution in [-0.4, -0.2) is 39.9 Å². The topological polar surface area (TPSA) is 78.1 Å². The number of nitrogens with one attached hydrogen (secondary N) is 2. The van der Waals surface area contributed by atoms with Gasteiger partial charge >= 0.3 is 0 Å². The lowest BCUT2D eigenvalue weighted by Crippen LogP contribution is -2.40. The lowest BCUT2D eigenvalue weighted by Gasteiger charge is -2.20. The third kappa shape index (κ3) is 5.62. The van der Waals surface area contributed by atoms with E-state index in [1.807, 2.05) is 25.7 Å². The first-order chi connectivity index (χ1) is 12.7. The van der Waals surface area contributed by atoms with E-state index in [0.717, 1.165) is 28.6 Å². The fourth-order valence-corrected chi connectivity index (χ4v) is 4.17. The second-order valence-electron chi connectivity index (χ2n) is 7.57. The first-order valence-corrected chi connectivity index (χ1v) is 10.6. The minimum atomic E-state index is -0.0691. The number of amides is 1. The maximum atomic E-state index is 12.8. The number of hydrogen-bond donors (Lipinski definition) is 2. The van der Waals surface area contributed by atoms with Gasteiger partial charge in [-0.3, -0.25) is 14.5 Å². The molecule has 2 heterocycles. The van der Waals surface area contributed by atoms with Crippen molar-refractivity contribution in [2.24, 2.45) is 5.92 Å². The molecule has 150 valence electrons. The summed E-state index contributed by atoms with van der Waals surface area (Å²) in [6, 6.07) is 0.114. The zero-order chi connectivity index (χ0) is 20.1. The Balaban J connectivity index is 2.25. The second kappa shape index (κ2) is 9.46. The van der Waals surface area contributed by atoms with Gasteiger partial charge in [-0.2, -0.15) is 0 Å². The number of fused-ring (bicyclic) bond motifs is 1. The van der Waals surface area contributed by atoms with Gasteiger partial charge in [0.05, 0.1) is 18.5 Å². The summed E-state index contributed by atoms with van der Waals surface area (Å²) in [6.07, 6.45) is 1.99. The van der Waals surface area contributed by atoms with E-state index in [1.165, 1.54) is 4.88 Å². The molecule has 0 bridgehead atoms. The number of hydrogen-bond acceptors (Lipinski definition) is 5. The average Bonchev–Trinajstić information content (AvgIpc) is 2.89. The van der Waals surface area contributed by atoms with Crippen LogP contribution < -0.4 is 10.9 Å². The number of aromatic amines is 1. The van der Waals surface area contributed by atoms with Crippen LogP contribution in [0.25, 0.3) is 10.2 Å². The van der Waals surface area contributed by atoms with Gasteiger partial charge in [0.15, 0.2) is 0 Å². The lowest BCUT2D eigenvalue weighted by molar-refractivity contribution is -0.122. The molecule has 0 aromatic carbocycles. The molecule has 2 aromatic heterocycles. The molecule has 0 saturated carbocycles. The molecule has 2 N–H and O–H groups in total. The molecule has 0 radical (unpaired) electrons. The summed E-state index contributed by atoms with van der Waals surface area (Å²) in [7, 11) is 0. The SMILES string of the molecule is CC[C@@H](C)Cc1c(C)sc2nc(CN(CC)CC(=O)NC(C)C)[nH]c(=O)c12. The standard InChI is InChI=1S/C20H32N4O2S/c1-7-13(5)9-15-14(6)27-20-18(15)19(26)22-16(23-20)10-24(8-2)11-17(25)21-12(3)4/h12-13H,7-11H2,1-6H3,(H,21,25)(H,22,23,26)/t13-/m1/s1. The van der Waals surface area contributed by atoms with Gasteiger partial charge < -0.3 is 10.3 Å². The normalized spacial score (nSPS) is 12.9. The number of thiophene rings is 1. The van der Waals surface area contributed by atoms with Crippen LogP contribution in [0.2, 0.25) is 0 Å². The van der Waals surface area contributed by atoms with Gasteiger partial charge in [0, 0.05) is 10.9 Å². The Hall–Kier alpha value is -1.73. The van der Waals surface area contributed by atoms with Crippen molar-refractivity contribution >= 4 is 27.5 Å². The van der Waals surface area contributed by atoms with Crippen LogP contribution in [0.4, 0.5) is 0 Å². The minimum absolute atomic E-state index is 0.0157. The Labute approximate surface area is 165 Å². The number of likely N-dealkylation sites (N-methyl/N-ethyl adjacent to an activating group) is 1. The van der Waals surface area contributed by atoms with E-state index in [2.05, 4.69) is 31.1 Å². The van der Waals surface area contributed by atoms with E-state index in [-0.39, 0.29) is 17.5 Å². The number of carbonyl (C=O) groups is 1. The van der Waals surface area contributed by atoms with Crippen molar-refractivity contribution in [3.63, 3.8) is 0 Å². The Morgan fingerprint density at radius 1 is 1.30 bits per heavy atom. The third-order valence-electron chi connectivity index (χ3n) is 4.80. The van der Waals surface area contributed by atoms with Gasteiger partial charge in [-0.15, -0.1) is 11.3 Å². The summed E-state index contributed by atoms with van der Waals surface area (Å²) in [6.45, 7) is 13.8. The summed E-state index contributed by atoms with van der Waals surface area (Å²) in [5.41, 5.74) is 1.06. The van der Waals surface area contributed by atoms with Crippen molar-refractivity contribution < 1.29 is 4.79 Å². The molecule has 6 nitrogen and oxygen atoms in total. The molecule has 0 aliphatic rings. The van der Waals surface area contributed by atoms with Crippen LogP contribution in [0.3, 0.4) is 0 Å². The van der Waals surface area contributed by atoms with Gasteiger partial charge in [0.1, 0.15) is 10.7 Å². The van der Waals surface area contributed by atoms with Crippen LogP contribution in [0.5, 0.6) is 0 Å². The summed E-state index contributed by atoms with van der Waals surface area (Å²) in [5.74, 6) is 1.14. The predicted octanol–water partition coefficient (Wildman–Crippen LogP) is 3.23. The third-order valence-corrected chi connectivity index (χ3v) is 5.84. The van der Waals surface area contributed by atoms with Crippen molar-refractivity contribution in [1.82, 2.24) is 20.2 Å². The van der Waals surface area contributed by atoms with Gasteiger partial charge in [-0.1, -0.05) is 27.2 Å². The van der Waals surface area contributed by atoms with E-state index in [0.29, 0.717) is 31.4 Å². The monoisotopic (exact) mass is 392 g/mol. The zero-order valence-electron chi connectivity index (χ0n) is 17.3. The van der Waals surface area contributed by atoms with Crippen molar-refractivity contribution in [1.29, 1.82) is 0 Å². The van der Waals surface area contributed by atoms with Crippen LogP contribution >= 0.6 is 11.3 Å². The molecule has 27 heavy (non-hydrogen) atoms. The van der Waals surface area contributed by atoms with Crippen molar-refractivity contribution in [3.8, 4) is 0 Å². The number of aromatic nitrogens is 2. The molecule has 0 spiro atoms. The fourth-order valence-electron chi connectivity index (χ4n) is 3.10. The van der Waals surface area contributed by atoms with E-state index in [4.69, 9.17) is 4.98 Å². The molecule has 0 unspecified atom stereocenters.